The number of carbonyl (C=O) groups excluding carboxylic acids is 1. The van der Waals surface area contributed by atoms with Gasteiger partial charge < -0.3 is 19.8 Å². The van der Waals surface area contributed by atoms with Crippen LogP contribution in [0, 0.1) is 5.92 Å². The van der Waals surface area contributed by atoms with Crippen LogP contribution in [0.3, 0.4) is 0 Å². The lowest BCUT2D eigenvalue weighted by atomic mass is 10.0. The summed E-state index contributed by atoms with van der Waals surface area (Å²) >= 11 is 0. The van der Waals surface area contributed by atoms with Gasteiger partial charge in [-0.15, -0.1) is 0 Å². The fraction of sp³-hybridized carbons (Fsp3) is 0.400. The molecule has 0 spiro atoms. The summed E-state index contributed by atoms with van der Waals surface area (Å²) in [5.41, 5.74) is 2.29. The van der Waals surface area contributed by atoms with E-state index >= 15 is 0 Å². The predicted octanol–water partition coefficient (Wildman–Crippen LogP) is 2.09. The standard InChI is InChI=1S/C25H29N5O3/c1-17(31)19-10-11-30(16-19)20-8-6-18(7-9-20)24(33)28-12-14-29(15-13-28)25-26-22-5-3-2-4-21(22)23(32)27-25/h2-9,17,19,31H,10-16H2,1H3,(H,26,27,32). The molecule has 2 aliphatic heterocycles. The van der Waals surface area contributed by atoms with Crippen molar-refractivity contribution in [3.8, 4) is 0 Å². The van der Waals surface area contributed by atoms with Crippen molar-refractivity contribution >= 4 is 28.4 Å². The molecule has 172 valence electrons. The Hall–Kier alpha value is -3.39. The van der Waals surface area contributed by atoms with E-state index in [0.29, 0.717) is 54.5 Å². The molecule has 33 heavy (non-hydrogen) atoms. The van der Waals surface area contributed by atoms with Gasteiger partial charge in [0.25, 0.3) is 11.5 Å². The molecule has 1 amide bonds. The second kappa shape index (κ2) is 8.86. The summed E-state index contributed by atoms with van der Waals surface area (Å²) < 4.78 is 0. The summed E-state index contributed by atoms with van der Waals surface area (Å²) in [4.78, 5) is 39.0. The molecule has 8 heteroatoms. The van der Waals surface area contributed by atoms with E-state index in [1.807, 2.05) is 59.2 Å². The summed E-state index contributed by atoms with van der Waals surface area (Å²) in [7, 11) is 0. The molecule has 2 fully saturated rings. The molecule has 5 rings (SSSR count). The number of para-hydroxylation sites is 1. The van der Waals surface area contributed by atoms with Gasteiger partial charge in [-0.25, -0.2) is 4.98 Å². The minimum Gasteiger partial charge on any atom is -0.393 e. The normalized spacial score (nSPS) is 19.8. The highest BCUT2D eigenvalue weighted by molar-refractivity contribution is 5.94. The van der Waals surface area contributed by atoms with Crippen LogP contribution in [0.15, 0.2) is 53.3 Å². The van der Waals surface area contributed by atoms with Crippen molar-refractivity contribution in [2.24, 2.45) is 5.92 Å². The SMILES string of the molecule is CC(O)C1CCN(c2ccc(C(=O)N3CCN(c4nc5ccccc5c(=O)[nH]4)CC3)cc2)C1. The minimum absolute atomic E-state index is 0.0180. The molecule has 3 heterocycles. The van der Waals surface area contributed by atoms with Crippen molar-refractivity contribution in [1.82, 2.24) is 14.9 Å². The molecule has 2 aliphatic rings. The van der Waals surface area contributed by atoms with Crippen molar-refractivity contribution in [3.63, 3.8) is 0 Å². The molecule has 2 atom stereocenters. The van der Waals surface area contributed by atoms with Gasteiger partial charge in [-0.05, 0) is 49.7 Å². The van der Waals surface area contributed by atoms with Gasteiger partial charge in [0.15, 0.2) is 0 Å². The van der Waals surface area contributed by atoms with Gasteiger partial charge in [0.2, 0.25) is 5.95 Å². The second-order valence-corrected chi connectivity index (χ2v) is 8.97. The van der Waals surface area contributed by atoms with E-state index in [1.54, 1.807) is 6.07 Å². The number of benzene rings is 2. The lowest BCUT2D eigenvalue weighted by Crippen LogP contribution is -2.49. The lowest BCUT2D eigenvalue weighted by molar-refractivity contribution is 0.0746. The first kappa shape index (κ1) is 21.5. The van der Waals surface area contributed by atoms with Gasteiger partial charge in [0.1, 0.15) is 0 Å². The molecule has 2 N–H and O–H groups in total. The molecule has 3 aromatic rings. The van der Waals surface area contributed by atoms with Crippen LogP contribution in [0.2, 0.25) is 0 Å². The van der Waals surface area contributed by atoms with Crippen LogP contribution in [-0.2, 0) is 0 Å². The number of aromatic nitrogens is 2. The third kappa shape index (κ3) is 4.30. The molecule has 1 aromatic heterocycles. The number of hydrogen-bond donors (Lipinski definition) is 2. The average molecular weight is 448 g/mol. The molecule has 8 nitrogen and oxygen atoms in total. The number of aliphatic hydroxyl groups is 1. The van der Waals surface area contributed by atoms with Gasteiger partial charge in [-0.1, -0.05) is 12.1 Å². The number of rotatable bonds is 4. The number of nitrogens with one attached hydrogen (secondary N) is 1. The number of H-pyrrole nitrogens is 1. The van der Waals surface area contributed by atoms with Crippen LogP contribution >= 0.6 is 0 Å². The Balaban J connectivity index is 1.22. The number of aromatic amines is 1. The number of amides is 1. The fourth-order valence-corrected chi connectivity index (χ4v) is 4.76. The predicted molar refractivity (Wildman–Crippen MR) is 129 cm³/mol. The van der Waals surface area contributed by atoms with E-state index in [2.05, 4.69) is 14.9 Å². The monoisotopic (exact) mass is 447 g/mol. The van der Waals surface area contributed by atoms with Crippen molar-refractivity contribution in [2.75, 3.05) is 49.1 Å². The summed E-state index contributed by atoms with van der Waals surface area (Å²) in [5, 5.41) is 10.4. The minimum atomic E-state index is -0.294. The molecule has 2 unspecified atom stereocenters. The van der Waals surface area contributed by atoms with Crippen LogP contribution in [-0.4, -0.2) is 71.3 Å². The van der Waals surface area contributed by atoms with Gasteiger partial charge >= 0.3 is 0 Å². The largest absolute Gasteiger partial charge is 0.393 e. The molecular weight excluding hydrogens is 418 g/mol. The fourth-order valence-electron chi connectivity index (χ4n) is 4.76. The number of hydrogen-bond acceptors (Lipinski definition) is 6. The average Bonchev–Trinajstić information content (AvgIpc) is 3.35. The van der Waals surface area contributed by atoms with Gasteiger partial charge in [0.05, 0.1) is 17.0 Å². The Kier molecular flexibility index (Phi) is 5.76. The number of anilines is 2. The van der Waals surface area contributed by atoms with Crippen molar-refractivity contribution < 1.29 is 9.90 Å². The summed E-state index contributed by atoms with van der Waals surface area (Å²) in [6, 6.07) is 15.1. The third-order valence-electron chi connectivity index (χ3n) is 6.85. The number of nitrogens with zero attached hydrogens (tertiary/aromatic N) is 4. The van der Waals surface area contributed by atoms with Crippen molar-refractivity contribution in [1.29, 1.82) is 0 Å². The highest BCUT2D eigenvalue weighted by Gasteiger charge is 2.27. The number of carbonyl (C=O) groups is 1. The smallest absolute Gasteiger partial charge is 0.260 e. The number of aliphatic hydroxyl groups excluding tert-OH is 1. The Morgan fingerprint density at radius 1 is 1.03 bits per heavy atom. The highest BCUT2D eigenvalue weighted by atomic mass is 16.3. The maximum Gasteiger partial charge on any atom is 0.260 e. The molecule has 0 saturated carbocycles. The van der Waals surface area contributed by atoms with E-state index in [1.165, 1.54) is 0 Å². The highest BCUT2D eigenvalue weighted by Crippen LogP contribution is 2.26. The maximum atomic E-state index is 13.0. The van der Waals surface area contributed by atoms with E-state index < -0.39 is 0 Å². The number of piperazine rings is 1. The summed E-state index contributed by atoms with van der Waals surface area (Å²) in [6.07, 6.45) is 0.692. The Morgan fingerprint density at radius 3 is 2.45 bits per heavy atom. The Bertz CT molecular complexity index is 1200. The third-order valence-corrected chi connectivity index (χ3v) is 6.85. The second-order valence-electron chi connectivity index (χ2n) is 8.97. The van der Waals surface area contributed by atoms with Crippen LogP contribution in [0.25, 0.3) is 10.9 Å². The molecule has 0 aliphatic carbocycles. The molecule has 2 saturated heterocycles. The lowest BCUT2D eigenvalue weighted by Gasteiger charge is -2.35. The van der Waals surface area contributed by atoms with Crippen LogP contribution < -0.4 is 15.4 Å². The molecule has 0 radical (unpaired) electrons. The van der Waals surface area contributed by atoms with E-state index in [4.69, 9.17) is 0 Å². The van der Waals surface area contributed by atoms with Gasteiger partial charge in [0, 0.05) is 56.4 Å². The van der Waals surface area contributed by atoms with Crippen molar-refractivity contribution in [2.45, 2.75) is 19.4 Å². The van der Waals surface area contributed by atoms with Crippen LogP contribution in [0.1, 0.15) is 23.7 Å². The van der Waals surface area contributed by atoms with Crippen LogP contribution in [0.4, 0.5) is 11.6 Å². The van der Waals surface area contributed by atoms with Gasteiger partial charge in [-0.2, -0.15) is 0 Å². The first-order chi connectivity index (χ1) is 16.0. The Morgan fingerprint density at radius 2 is 1.76 bits per heavy atom. The van der Waals surface area contributed by atoms with E-state index in [9.17, 15) is 14.7 Å². The van der Waals surface area contributed by atoms with Gasteiger partial charge in [-0.3, -0.25) is 14.6 Å². The van der Waals surface area contributed by atoms with E-state index in [-0.39, 0.29) is 17.6 Å². The zero-order valence-electron chi connectivity index (χ0n) is 18.8. The molecular formula is C25H29N5O3. The quantitative estimate of drug-likeness (QED) is 0.636. The zero-order valence-corrected chi connectivity index (χ0v) is 18.8. The molecule has 0 bridgehead atoms. The number of fused-ring (bicyclic) bond motifs is 1. The first-order valence-corrected chi connectivity index (χ1v) is 11.6. The van der Waals surface area contributed by atoms with Crippen molar-refractivity contribution in [3.05, 3.63) is 64.4 Å². The maximum absolute atomic E-state index is 13.0. The Labute approximate surface area is 192 Å². The first-order valence-electron chi connectivity index (χ1n) is 11.6. The van der Waals surface area contributed by atoms with E-state index in [0.717, 1.165) is 25.2 Å². The summed E-state index contributed by atoms with van der Waals surface area (Å²) in [5.74, 6) is 0.871. The zero-order chi connectivity index (χ0) is 22.9. The summed E-state index contributed by atoms with van der Waals surface area (Å²) in [6.45, 7) is 5.98. The molecule has 2 aromatic carbocycles. The topological polar surface area (TPSA) is 92.8 Å². The van der Waals surface area contributed by atoms with Crippen LogP contribution in [0.5, 0.6) is 0 Å².